The van der Waals surface area contributed by atoms with Gasteiger partial charge in [-0.3, -0.25) is 4.79 Å². The van der Waals surface area contributed by atoms with E-state index in [1.807, 2.05) is 31.2 Å². The average molecular weight is 343 g/mol. The van der Waals surface area contributed by atoms with E-state index in [0.717, 1.165) is 30.5 Å². The number of aryl methyl sites for hydroxylation is 1. The molecule has 0 saturated heterocycles. The number of anilines is 2. The molecule has 4 heteroatoms. The first-order valence-electron chi connectivity index (χ1n) is 8.53. The van der Waals surface area contributed by atoms with Crippen LogP contribution in [0, 0.1) is 18.3 Å². The molecule has 1 aromatic carbocycles. The fraction of sp³-hybridized carbons (Fsp3) is 0.450. The number of carbonyl (C=O) groups excluding carboxylic acids is 1. The third kappa shape index (κ3) is 3.34. The van der Waals surface area contributed by atoms with Crippen molar-refractivity contribution in [2.75, 3.05) is 11.1 Å². The van der Waals surface area contributed by atoms with Gasteiger partial charge in [0, 0.05) is 10.6 Å². The first-order valence-corrected chi connectivity index (χ1v) is 9.35. The minimum atomic E-state index is -0.0789. The van der Waals surface area contributed by atoms with Crippen molar-refractivity contribution in [3.8, 4) is 0 Å². The van der Waals surface area contributed by atoms with Crippen molar-refractivity contribution in [3.05, 3.63) is 45.8 Å². The Kier molecular flexibility index (Phi) is 4.43. The predicted octanol–water partition coefficient (Wildman–Crippen LogP) is 5.04. The summed E-state index contributed by atoms with van der Waals surface area (Å²) in [7, 11) is 0. The van der Waals surface area contributed by atoms with E-state index >= 15 is 0 Å². The summed E-state index contributed by atoms with van der Waals surface area (Å²) in [6.45, 7) is 8.91. The summed E-state index contributed by atoms with van der Waals surface area (Å²) in [5, 5.41) is 3.66. The molecule has 1 aromatic heterocycles. The molecule has 2 aromatic rings. The van der Waals surface area contributed by atoms with E-state index in [2.05, 4.69) is 26.1 Å². The predicted molar refractivity (Wildman–Crippen MR) is 103 cm³/mol. The van der Waals surface area contributed by atoms with Gasteiger partial charge in [-0.25, -0.2) is 0 Å². The Morgan fingerprint density at radius 2 is 2.08 bits per heavy atom. The van der Waals surface area contributed by atoms with Gasteiger partial charge in [-0.2, -0.15) is 0 Å². The molecule has 3 nitrogen and oxygen atoms in total. The summed E-state index contributed by atoms with van der Waals surface area (Å²) in [6.07, 6.45) is 3.10. The second-order valence-corrected chi connectivity index (χ2v) is 9.01. The Morgan fingerprint density at radius 3 is 2.75 bits per heavy atom. The number of nitrogen functional groups attached to an aromatic ring is 1. The molecule has 1 aliphatic rings. The summed E-state index contributed by atoms with van der Waals surface area (Å²) in [6, 6.07) is 7.85. The van der Waals surface area contributed by atoms with Crippen molar-refractivity contribution in [1.29, 1.82) is 0 Å². The number of amides is 1. The molecule has 0 fully saturated rings. The molecule has 0 radical (unpaired) electrons. The molecule has 3 rings (SSSR count). The average Bonchev–Trinajstić information content (AvgIpc) is 2.81. The van der Waals surface area contributed by atoms with Crippen molar-refractivity contribution in [2.45, 2.75) is 47.0 Å². The molecule has 1 amide bonds. The zero-order valence-electron chi connectivity index (χ0n) is 14.9. The lowest BCUT2D eigenvalue weighted by molar-refractivity contribution is 0.102. The van der Waals surface area contributed by atoms with Crippen LogP contribution < -0.4 is 11.1 Å². The minimum Gasteiger partial charge on any atom is -0.390 e. The highest BCUT2D eigenvalue weighted by molar-refractivity contribution is 7.16. The lowest BCUT2D eigenvalue weighted by atomic mass is 9.72. The topological polar surface area (TPSA) is 55.1 Å². The molecule has 1 atom stereocenters. The van der Waals surface area contributed by atoms with Crippen LogP contribution in [0.5, 0.6) is 0 Å². The van der Waals surface area contributed by atoms with Crippen LogP contribution in [0.4, 0.5) is 10.7 Å². The van der Waals surface area contributed by atoms with Crippen LogP contribution in [-0.2, 0) is 12.8 Å². The molecule has 1 aliphatic carbocycles. The van der Waals surface area contributed by atoms with Gasteiger partial charge in [0.2, 0.25) is 0 Å². The number of nitrogens with one attached hydrogen (secondary N) is 1. The van der Waals surface area contributed by atoms with Crippen LogP contribution in [0.25, 0.3) is 0 Å². The molecule has 0 bridgehead atoms. The number of thiophene rings is 1. The normalized spacial score (nSPS) is 17.4. The zero-order valence-corrected chi connectivity index (χ0v) is 15.7. The van der Waals surface area contributed by atoms with Crippen LogP contribution >= 0.6 is 11.3 Å². The molecule has 1 unspecified atom stereocenters. The van der Waals surface area contributed by atoms with E-state index in [-0.39, 0.29) is 5.91 Å². The number of hydrogen-bond donors (Lipinski definition) is 2. The van der Waals surface area contributed by atoms with Gasteiger partial charge in [0.15, 0.2) is 0 Å². The lowest BCUT2D eigenvalue weighted by Crippen LogP contribution is -2.27. The van der Waals surface area contributed by atoms with E-state index in [4.69, 9.17) is 5.73 Å². The quantitative estimate of drug-likeness (QED) is 0.803. The highest BCUT2D eigenvalue weighted by Crippen LogP contribution is 2.43. The van der Waals surface area contributed by atoms with Gasteiger partial charge in [0.1, 0.15) is 0 Å². The summed E-state index contributed by atoms with van der Waals surface area (Å²) >= 11 is 1.60. The molecule has 1 heterocycles. The Morgan fingerprint density at radius 1 is 1.33 bits per heavy atom. The smallest absolute Gasteiger partial charge is 0.258 e. The summed E-state index contributed by atoms with van der Waals surface area (Å²) in [5.41, 5.74) is 10.3. The summed E-state index contributed by atoms with van der Waals surface area (Å²) in [4.78, 5) is 14.1. The molecule has 128 valence electrons. The van der Waals surface area contributed by atoms with Crippen LogP contribution in [0.1, 0.15) is 53.6 Å². The third-order valence-corrected chi connectivity index (χ3v) is 6.10. The third-order valence-electron chi connectivity index (χ3n) is 5.02. The van der Waals surface area contributed by atoms with Crippen molar-refractivity contribution >= 4 is 27.9 Å². The van der Waals surface area contributed by atoms with Crippen molar-refractivity contribution in [2.24, 2.45) is 11.3 Å². The van der Waals surface area contributed by atoms with Crippen LogP contribution in [0.3, 0.4) is 0 Å². The van der Waals surface area contributed by atoms with E-state index in [9.17, 15) is 4.79 Å². The fourth-order valence-electron chi connectivity index (χ4n) is 3.51. The van der Waals surface area contributed by atoms with Gasteiger partial charge in [0.25, 0.3) is 5.91 Å². The molecule has 0 aliphatic heterocycles. The van der Waals surface area contributed by atoms with E-state index < -0.39 is 0 Å². The van der Waals surface area contributed by atoms with Gasteiger partial charge >= 0.3 is 0 Å². The lowest BCUT2D eigenvalue weighted by Gasteiger charge is -2.33. The Labute approximate surface area is 148 Å². The van der Waals surface area contributed by atoms with Gasteiger partial charge in [-0.15, -0.1) is 11.3 Å². The number of carbonyl (C=O) groups is 1. The van der Waals surface area contributed by atoms with Gasteiger partial charge < -0.3 is 11.1 Å². The Bertz CT molecular complexity index is 770. The maximum Gasteiger partial charge on any atom is 0.258 e. The molecule has 24 heavy (non-hydrogen) atoms. The largest absolute Gasteiger partial charge is 0.390 e. The molecule has 0 spiro atoms. The number of rotatable bonds is 2. The summed E-state index contributed by atoms with van der Waals surface area (Å²) < 4.78 is 0. The molecular weight excluding hydrogens is 316 g/mol. The van der Waals surface area contributed by atoms with E-state index in [0.29, 0.717) is 21.9 Å². The number of hydrogen-bond acceptors (Lipinski definition) is 3. The monoisotopic (exact) mass is 342 g/mol. The molecule has 3 N–H and O–H groups in total. The van der Waals surface area contributed by atoms with Crippen molar-refractivity contribution in [3.63, 3.8) is 0 Å². The summed E-state index contributed by atoms with van der Waals surface area (Å²) in [5.74, 6) is 0.570. The van der Waals surface area contributed by atoms with Gasteiger partial charge in [-0.1, -0.05) is 32.9 Å². The van der Waals surface area contributed by atoms with Crippen molar-refractivity contribution in [1.82, 2.24) is 0 Å². The maximum atomic E-state index is 12.8. The Balaban J connectivity index is 1.85. The van der Waals surface area contributed by atoms with Gasteiger partial charge in [-0.05, 0) is 60.8 Å². The van der Waals surface area contributed by atoms with Crippen molar-refractivity contribution < 1.29 is 4.79 Å². The van der Waals surface area contributed by atoms with Crippen LogP contribution in [0.2, 0.25) is 0 Å². The number of benzene rings is 1. The number of fused-ring (bicyclic) bond motifs is 1. The first-order chi connectivity index (χ1) is 11.3. The van der Waals surface area contributed by atoms with E-state index in [1.54, 1.807) is 11.3 Å². The van der Waals surface area contributed by atoms with Gasteiger partial charge in [0.05, 0.1) is 10.6 Å². The highest BCUT2D eigenvalue weighted by atomic mass is 32.1. The second-order valence-electron chi connectivity index (χ2n) is 7.87. The highest BCUT2D eigenvalue weighted by Gasteiger charge is 2.33. The van der Waals surface area contributed by atoms with Crippen LogP contribution in [-0.4, -0.2) is 5.91 Å². The SMILES string of the molecule is Cc1cccc(NC(=O)c2c(N)sc3c2CCC(C(C)(C)C)C3)c1. The van der Waals surface area contributed by atoms with Crippen LogP contribution in [0.15, 0.2) is 24.3 Å². The standard InChI is InChI=1S/C20H26N2OS/c1-12-6-5-7-14(10-12)22-19(23)17-15-9-8-13(20(2,3)4)11-16(15)24-18(17)21/h5-7,10,13H,8-9,11,21H2,1-4H3,(H,22,23). The maximum absolute atomic E-state index is 12.8. The Hall–Kier alpha value is -1.81. The first kappa shape index (κ1) is 17.0. The molecular formula is C20H26N2OS. The number of nitrogens with two attached hydrogens (primary N) is 1. The zero-order chi connectivity index (χ0) is 17.5. The fourth-order valence-corrected chi connectivity index (χ4v) is 4.71. The molecule has 0 saturated carbocycles. The van der Waals surface area contributed by atoms with E-state index in [1.165, 1.54) is 10.4 Å². The minimum absolute atomic E-state index is 0.0789. The second kappa shape index (κ2) is 6.25.